The monoisotopic (exact) mass is 311 g/mol. The molecule has 0 radical (unpaired) electrons. The highest BCUT2D eigenvalue weighted by molar-refractivity contribution is 5.85. The number of carbonyl (C=O) groups excluding carboxylic acids is 1. The van der Waals surface area contributed by atoms with E-state index in [0.29, 0.717) is 0 Å². The molecule has 0 fully saturated rings. The number of nitrogens with one attached hydrogen (secondary N) is 1. The zero-order chi connectivity index (χ0) is 14.5. The Morgan fingerprint density at radius 2 is 2.00 bits per heavy atom. The number of hydrogen-bond acceptors (Lipinski definition) is 3. The fraction of sp³-hybridized carbons (Fsp3) is 0.562. The Bertz CT molecular complexity index is 463. The summed E-state index contributed by atoms with van der Waals surface area (Å²) in [5, 5.41) is 3.42. The second-order valence-corrected chi connectivity index (χ2v) is 5.19. The molecule has 118 valence electrons. The van der Waals surface area contributed by atoms with Crippen LogP contribution in [0.15, 0.2) is 24.3 Å². The fourth-order valence-corrected chi connectivity index (χ4v) is 2.82. The van der Waals surface area contributed by atoms with E-state index in [4.69, 9.17) is 0 Å². The maximum atomic E-state index is 12.6. The van der Waals surface area contributed by atoms with Crippen molar-refractivity contribution in [1.82, 2.24) is 10.2 Å². The average Bonchev–Trinajstić information content (AvgIpc) is 2.70. The van der Waals surface area contributed by atoms with Crippen LogP contribution in [0, 0.1) is 0 Å². The average molecular weight is 312 g/mol. The van der Waals surface area contributed by atoms with Gasteiger partial charge < -0.3 is 15.1 Å². The minimum Gasteiger partial charge on any atom is -0.358 e. The predicted octanol–water partition coefficient (Wildman–Crippen LogP) is 2.27. The van der Waals surface area contributed by atoms with Crippen molar-refractivity contribution < 1.29 is 4.79 Å². The molecular weight excluding hydrogens is 286 g/mol. The van der Waals surface area contributed by atoms with Crippen molar-refractivity contribution in [2.45, 2.75) is 33.4 Å². The molecule has 0 saturated heterocycles. The Morgan fingerprint density at radius 1 is 1.33 bits per heavy atom. The van der Waals surface area contributed by atoms with E-state index in [-0.39, 0.29) is 24.4 Å². The Kier molecular flexibility index (Phi) is 6.99. The SMILES string of the molecule is CCN(CC)C(=O)C(C)N1CCNCc2ccccc21.Cl. The highest BCUT2D eigenvalue weighted by Gasteiger charge is 2.27. The maximum Gasteiger partial charge on any atom is 0.244 e. The second-order valence-electron chi connectivity index (χ2n) is 5.19. The van der Waals surface area contributed by atoms with E-state index in [9.17, 15) is 4.79 Å². The molecule has 0 aliphatic carbocycles. The number of rotatable bonds is 4. The van der Waals surface area contributed by atoms with Crippen molar-refractivity contribution in [1.29, 1.82) is 0 Å². The largest absolute Gasteiger partial charge is 0.358 e. The standard InChI is InChI=1S/C16H25N3O.ClH/c1-4-18(5-2)16(20)13(3)19-11-10-17-12-14-8-6-7-9-15(14)19;/h6-9,13,17H,4-5,10-12H2,1-3H3;1H. The van der Waals surface area contributed by atoms with Gasteiger partial charge in [-0.2, -0.15) is 0 Å². The Morgan fingerprint density at radius 3 is 2.67 bits per heavy atom. The van der Waals surface area contributed by atoms with Gasteiger partial charge >= 0.3 is 0 Å². The van der Waals surface area contributed by atoms with Gasteiger partial charge in [0.15, 0.2) is 0 Å². The fourth-order valence-electron chi connectivity index (χ4n) is 2.82. The summed E-state index contributed by atoms with van der Waals surface area (Å²) in [7, 11) is 0. The van der Waals surface area contributed by atoms with Crippen LogP contribution in [0.2, 0.25) is 0 Å². The van der Waals surface area contributed by atoms with Gasteiger partial charge in [-0.15, -0.1) is 12.4 Å². The summed E-state index contributed by atoms with van der Waals surface area (Å²) in [4.78, 5) is 16.7. The molecule has 2 rings (SSSR count). The summed E-state index contributed by atoms with van der Waals surface area (Å²) in [6.07, 6.45) is 0. The van der Waals surface area contributed by atoms with Crippen LogP contribution in [0.4, 0.5) is 5.69 Å². The van der Waals surface area contributed by atoms with E-state index in [1.165, 1.54) is 11.3 Å². The normalized spacial score (nSPS) is 15.5. The molecule has 21 heavy (non-hydrogen) atoms. The first-order valence-corrected chi connectivity index (χ1v) is 7.53. The molecule has 1 aromatic carbocycles. The number of carbonyl (C=O) groups is 1. The van der Waals surface area contributed by atoms with Gasteiger partial charge in [0.2, 0.25) is 5.91 Å². The van der Waals surface area contributed by atoms with Gasteiger partial charge in [-0.1, -0.05) is 18.2 Å². The third-order valence-electron chi connectivity index (χ3n) is 4.05. The lowest BCUT2D eigenvalue weighted by molar-refractivity contribution is -0.131. The summed E-state index contributed by atoms with van der Waals surface area (Å²) in [6.45, 7) is 10.3. The van der Waals surface area contributed by atoms with E-state index in [0.717, 1.165) is 32.7 Å². The van der Waals surface area contributed by atoms with Gasteiger partial charge in [0.1, 0.15) is 6.04 Å². The number of para-hydroxylation sites is 1. The zero-order valence-corrected chi connectivity index (χ0v) is 13.9. The van der Waals surface area contributed by atoms with Crippen molar-refractivity contribution in [3.63, 3.8) is 0 Å². The Labute approximate surface area is 133 Å². The molecule has 1 heterocycles. The first-order valence-electron chi connectivity index (χ1n) is 7.53. The molecule has 1 unspecified atom stereocenters. The molecule has 0 saturated carbocycles. The number of anilines is 1. The van der Waals surface area contributed by atoms with Crippen LogP contribution >= 0.6 is 12.4 Å². The van der Waals surface area contributed by atoms with Gasteiger partial charge in [-0.25, -0.2) is 0 Å². The molecule has 1 aliphatic heterocycles. The van der Waals surface area contributed by atoms with Gasteiger partial charge in [0, 0.05) is 38.4 Å². The number of amides is 1. The third kappa shape index (κ3) is 3.89. The second kappa shape index (κ2) is 8.25. The summed E-state index contributed by atoms with van der Waals surface area (Å²) in [5.74, 6) is 0.215. The number of halogens is 1. The summed E-state index contributed by atoms with van der Waals surface area (Å²) in [6, 6.07) is 8.24. The third-order valence-corrected chi connectivity index (χ3v) is 4.05. The van der Waals surface area contributed by atoms with Gasteiger partial charge in [-0.05, 0) is 32.4 Å². The van der Waals surface area contributed by atoms with Crippen molar-refractivity contribution in [3.8, 4) is 0 Å². The van der Waals surface area contributed by atoms with Gasteiger partial charge in [0.05, 0.1) is 0 Å². The molecule has 5 heteroatoms. The lowest BCUT2D eigenvalue weighted by atomic mass is 10.1. The van der Waals surface area contributed by atoms with Crippen LogP contribution in [0.25, 0.3) is 0 Å². The Hall–Kier alpha value is -1.26. The van der Waals surface area contributed by atoms with Crippen molar-refractivity contribution >= 4 is 24.0 Å². The number of benzene rings is 1. The quantitative estimate of drug-likeness (QED) is 0.926. The van der Waals surface area contributed by atoms with Crippen molar-refractivity contribution in [2.24, 2.45) is 0 Å². The summed E-state index contributed by atoms with van der Waals surface area (Å²) in [5.41, 5.74) is 2.45. The molecule has 0 aromatic heterocycles. The minimum atomic E-state index is -0.115. The molecule has 1 amide bonds. The highest BCUT2D eigenvalue weighted by atomic mass is 35.5. The smallest absolute Gasteiger partial charge is 0.244 e. The summed E-state index contributed by atoms with van der Waals surface area (Å²) < 4.78 is 0. The van der Waals surface area contributed by atoms with Crippen LogP contribution in [0.1, 0.15) is 26.3 Å². The number of likely N-dealkylation sites (N-methyl/N-ethyl adjacent to an activating group) is 1. The highest BCUT2D eigenvalue weighted by Crippen LogP contribution is 2.24. The van der Waals surface area contributed by atoms with Gasteiger partial charge in [-0.3, -0.25) is 4.79 Å². The molecule has 1 N–H and O–H groups in total. The number of fused-ring (bicyclic) bond motifs is 1. The molecule has 1 atom stereocenters. The van der Waals surface area contributed by atoms with Crippen molar-refractivity contribution in [2.75, 3.05) is 31.1 Å². The number of hydrogen-bond donors (Lipinski definition) is 1. The van der Waals surface area contributed by atoms with Gasteiger partial charge in [0.25, 0.3) is 0 Å². The molecule has 1 aromatic rings. The molecule has 0 bridgehead atoms. The van der Waals surface area contributed by atoms with E-state index >= 15 is 0 Å². The first-order chi connectivity index (χ1) is 9.69. The molecule has 1 aliphatic rings. The van der Waals surface area contributed by atoms with Crippen LogP contribution in [-0.2, 0) is 11.3 Å². The zero-order valence-electron chi connectivity index (χ0n) is 13.1. The molecule has 0 spiro atoms. The lowest BCUT2D eigenvalue weighted by Gasteiger charge is -2.33. The number of nitrogens with zero attached hydrogens (tertiary/aromatic N) is 2. The lowest BCUT2D eigenvalue weighted by Crippen LogP contribution is -2.48. The topological polar surface area (TPSA) is 35.6 Å². The first kappa shape index (κ1) is 17.8. The van der Waals surface area contributed by atoms with Crippen LogP contribution in [0.3, 0.4) is 0 Å². The molecular formula is C16H26ClN3O. The molecule has 4 nitrogen and oxygen atoms in total. The van der Waals surface area contributed by atoms with E-state index in [1.54, 1.807) is 0 Å². The van der Waals surface area contributed by atoms with E-state index in [2.05, 4.69) is 28.4 Å². The van der Waals surface area contributed by atoms with Crippen LogP contribution in [0.5, 0.6) is 0 Å². The summed E-state index contributed by atoms with van der Waals surface area (Å²) >= 11 is 0. The minimum absolute atomic E-state index is 0. The van der Waals surface area contributed by atoms with E-state index < -0.39 is 0 Å². The van der Waals surface area contributed by atoms with Crippen LogP contribution < -0.4 is 10.2 Å². The maximum absolute atomic E-state index is 12.6. The van der Waals surface area contributed by atoms with Crippen molar-refractivity contribution in [3.05, 3.63) is 29.8 Å². The van der Waals surface area contributed by atoms with E-state index in [1.807, 2.05) is 31.7 Å². The predicted molar refractivity (Wildman–Crippen MR) is 90.1 cm³/mol. The van der Waals surface area contributed by atoms with Crippen LogP contribution in [-0.4, -0.2) is 43.0 Å². The Balaban J connectivity index is 0.00000220.